The van der Waals surface area contributed by atoms with Gasteiger partial charge in [0.25, 0.3) is 0 Å². The van der Waals surface area contributed by atoms with Crippen molar-refractivity contribution in [3.63, 3.8) is 0 Å². The highest BCUT2D eigenvalue weighted by Crippen LogP contribution is 2.39. The normalized spacial score (nSPS) is 20.8. The Hall–Kier alpha value is -3.91. The number of hydrogen-bond acceptors (Lipinski definition) is 8. The van der Waals surface area contributed by atoms with Crippen LogP contribution < -0.4 is 14.5 Å². The molecule has 2 atom stereocenters. The molecular formula is C34H40ClN7O3. The lowest BCUT2D eigenvalue weighted by Gasteiger charge is -2.43. The Morgan fingerprint density at radius 2 is 2.02 bits per heavy atom. The molecule has 3 aliphatic rings. The lowest BCUT2D eigenvalue weighted by molar-refractivity contribution is -0.140. The molecule has 2 aromatic carbocycles. The third-order valence-electron chi connectivity index (χ3n) is 9.06. The van der Waals surface area contributed by atoms with Crippen molar-refractivity contribution in [1.82, 2.24) is 19.8 Å². The van der Waals surface area contributed by atoms with Gasteiger partial charge in [0.15, 0.2) is 0 Å². The Morgan fingerprint density at radius 1 is 1.24 bits per heavy atom. The van der Waals surface area contributed by atoms with E-state index in [0.717, 1.165) is 51.5 Å². The van der Waals surface area contributed by atoms with Gasteiger partial charge in [-0.15, -0.1) is 0 Å². The highest BCUT2D eigenvalue weighted by atomic mass is 35.5. The first-order valence-electron chi connectivity index (χ1n) is 15.4. The number of carbonyl (C=O) groups excluding carboxylic acids is 1. The average molecular weight is 630 g/mol. The van der Waals surface area contributed by atoms with E-state index in [2.05, 4.69) is 71.4 Å². The van der Waals surface area contributed by atoms with Gasteiger partial charge in [0, 0.05) is 48.9 Å². The quantitative estimate of drug-likeness (QED) is 0.256. The zero-order valence-electron chi connectivity index (χ0n) is 26.2. The van der Waals surface area contributed by atoms with Gasteiger partial charge >= 0.3 is 6.01 Å². The van der Waals surface area contributed by atoms with Crippen LogP contribution in [0.15, 0.2) is 49.1 Å². The number of nitrogens with zero attached hydrogens (tertiary/aromatic N) is 7. The summed E-state index contributed by atoms with van der Waals surface area (Å²) in [6, 6.07) is 12.5. The number of halogens is 1. The van der Waals surface area contributed by atoms with Crippen LogP contribution in [0, 0.1) is 12.0 Å². The molecule has 0 bridgehead atoms. The molecule has 0 saturated carbocycles. The molecule has 1 aromatic heterocycles. The van der Waals surface area contributed by atoms with Gasteiger partial charge in [-0.25, -0.2) is 6.57 Å². The second-order valence-electron chi connectivity index (χ2n) is 12.7. The summed E-state index contributed by atoms with van der Waals surface area (Å²) < 4.78 is 12.0. The predicted octanol–water partition coefficient (Wildman–Crippen LogP) is 4.31. The number of anilines is 2. The van der Waals surface area contributed by atoms with Crippen LogP contribution >= 0.6 is 11.6 Å². The minimum atomic E-state index is -0.262. The molecule has 1 amide bonds. The van der Waals surface area contributed by atoms with Crippen molar-refractivity contribution in [2.75, 3.05) is 76.4 Å². The third-order valence-corrected chi connectivity index (χ3v) is 9.38. The second kappa shape index (κ2) is 12.8. The molecule has 3 aliphatic heterocycles. The van der Waals surface area contributed by atoms with Crippen molar-refractivity contribution in [2.24, 2.45) is 5.41 Å². The van der Waals surface area contributed by atoms with Gasteiger partial charge in [0.2, 0.25) is 12.5 Å². The molecule has 45 heavy (non-hydrogen) atoms. The van der Waals surface area contributed by atoms with Crippen LogP contribution in [-0.4, -0.2) is 104 Å². The van der Waals surface area contributed by atoms with Crippen molar-refractivity contribution < 1.29 is 14.3 Å². The van der Waals surface area contributed by atoms with Crippen LogP contribution in [0.2, 0.25) is 5.02 Å². The van der Waals surface area contributed by atoms with Gasteiger partial charge < -0.3 is 33.9 Å². The molecule has 0 spiro atoms. The number of hydrogen-bond donors (Lipinski definition) is 0. The molecule has 0 unspecified atom stereocenters. The smallest absolute Gasteiger partial charge is 0.318 e. The minimum absolute atomic E-state index is 0.111. The molecule has 0 aliphatic carbocycles. The Labute approximate surface area is 270 Å². The van der Waals surface area contributed by atoms with Crippen molar-refractivity contribution in [3.8, 4) is 6.01 Å². The minimum Gasteiger partial charge on any atom is -0.463 e. The first kappa shape index (κ1) is 31.1. The van der Waals surface area contributed by atoms with E-state index in [9.17, 15) is 4.79 Å². The van der Waals surface area contributed by atoms with Gasteiger partial charge in [-0.2, -0.15) is 9.97 Å². The number of benzene rings is 2. The number of aromatic nitrogens is 2. The summed E-state index contributed by atoms with van der Waals surface area (Å²) in [6.07, 6.45) is 2.05. The first-order valence-corrected chi connectivity index (χ1v) is 15.8. The summed E-state index contributed by atoms with van der Waals surface area (Å²) in [5.74, 6) is 0.675. The maximum Gasteiger partial charge on any atom is 0.318 e. The zero-order chi connectivity index (χ0) is 31.7. The van der Waals surface area contributed by atoms with Crippen molar-refractivity contribution in [1.29, 1.82) is 0 Å². The van der Waals surface area contributed by atoms with Crippen molar-refractivity contribution in [2.45, 2.75) is 32.0 Å². The van der Waals surface area contributed by atoms with E-state index in [1.807, 2.05) is 12.1 Å². The number of ether oxygens (including phenoxy) is 2. The Bertz CT molecular complexity index is 1630. The van der Waals surface area contributed by atoms with Gasteiger partial charge in [-0.05, 0) is 51.0 Å². The predicted molar refractivity (Wildman–Crippen MR) is 177 cm³/mol. The van der Waals surface area contributed by atoms with E-state index < -0.39 is 0 Å². The fraction of sp³-hybridized carbons (Fsp3) is 0.471. The number of piperazine rings is 1. The fourth-order valence-electron chi connectivity index (χ4n) is 6.94. The van der Waals surface area contributed by atoms with Crippen LogP contribution in [0.25, 0.3) is 15.6 Å². The van der Waals surface area contributed by atoms with Crippen molar-refractivity contribution in [3.05, 3.63) is 76.8 Å². The van der Waals surface area contributed by atoms with Gasteiger partial charge in [-0.3, -0.25) is 4.79 Å². The molecular weight excluding hydrogens is 590 g/mol. The van der Waals surface area contributed by atoms with Gasteiger partial charge in [-0.1, -0.05) is 42.4 Å². The molecule has 6 rings (SSSR count). The number of rotatable bonds is 9. The van der Waals surface area contributed by atoms with E-state index >= 15 is 0 Å². The molecule has 2 saturated heterocycles. The summed E-state index contributed by atoms with van der Waals surface area (Å²) in [5, 5.41) is 2.85. The summed E-state index contributed by atoms with van der Waals surface area (Å²) in [5.41, 5.74) is 2.96. The van der Waals surface area contributed by atoms with E-state index in [0.29, 0.717) is 52.0 Å². The Balaban J connectivity index is 1.37. The zero-order valence-corrected chi connectivity index (χ0v) is 27.0. The number of amides is 1. The molecule has 236 valence electrons. The molecule has 10 nitrogen and oxygen atoms in total. The average Bonchev–Trinajstić information content (AvgIpc) is 3.01. The standard InChI is InChI=1S/C34H40ClN7O3/c1-6-30(43)41-14-13-40(17-25(41)16-36-3)32-26-15-23(2)42(29-12-8-10-24-9-7-11-27(35)31(24)29)18-28(26)37-33(38-32)45-22-34(19-39(4)5)20-44-21-34/h6-12,23,25H,1,13-22H2,2,4-5H3/t23-,25+/m1/s1. The lowest BCUT2D eigenvalue weighted by Crippen LogP contribution is -2.56. The van der Waals surface area contributed by atoms with Gasteiger partial charge in [0.05, 0.1) is 35.9 Å². The van der Waals surface area contributed by atoms with E-state index in [-0.39, 0.29) is 30.0 Å². The van der Waals surface area contributed by atoms with Crippen LogP contribution in [0.4, 0.5) is 11.5 Å². The van der Waals surface area contributed by atoms with Crippen LogP contribution in [0.3, 0.4) is 0 Å². The van der Waals surface area contributed by atoms with Crippen LogP contribution in [0.5, 0.6) is 6.01 Å². The summed E-state index contributed by atoms with van der Waals surface area (Å²) >= 11 is 6.76. The molecule has 11 heteroatoms. The Kier molecular flexibility index (Phi) is 8.87. The second-order valence-corrected chi connectivity index (χ2v) is 13.2. The Morgan fingerprint density at radius 3 is 2.71 bits per heavy atom. The summed E-state index contributed by atoms with van der Waals surface area (Å²) in [4.78, 5) is 34.8. The van der Waals surface area contributed by atoms with E-state index in [1.54, 1.807) is 4.90 Å². The van der Waals surface area contributed by atoms with Crippen molar-refractivity contribution >= 4 is 39.8 Å². The van der Waals surface area contributed by atoms with Crippen LogP contribution in [0.1, 0.15) is 18.2 Å². The number of carbonyl (C=O) groups is 1. The molecule has 2 fully saturated rings. The molecule has 0 radical (unpaired) electrons. The summed E-state index contributed by atoms with van der Waals surface area (Å²) in [6.45, 7) is 18.3. The fourth-order valence-corrected chi connectivity index (χ4v) is 7.22. The highest BCUT2D eigenvalue weighted by Gasteiger charge is 2.41. The topological polar surface area (TPSA) is 78.6 Å². The number of fused-ring (bicyclic) bond motifs is 2. The third kappa shape index (κ3) is 6.17. The van der Waals surface area contributed by atoms with Crippen LogP contribution in [-0.2, 0) is 22.5 Å². The SMILES string of the molecule is [C-]#[N+]C[C@H]1CN(c2nc(OCC3(CN(C)C)COC3)nc3c2C[C@@H](C)N(c2cccc4cccc(Cl)c24)C3)CCN1C(=O)C=C. The monoisotopic (exact) mass is 629 g/mol. The maximum atomic E-state index is 12.6. The largest absolute Gasteiger partial charge is 0.463 e. The molecule has 4 heterocycles. The highest BCUT2D eigenvalue weighted by molar-refractivity contribution is 6.36. The molecule has 0 N–H and O–H groups in total. The first-order chi connectivity index (χ1) is 21.7. The van der Waals surface area contributed by atoms with Gasteiger partial charge in [0.1, 0.15) is 18.5 Å². The summed E-state index contributed by atoms with van der Waals surface area (Å²) in [7, 11) is 4.11. The lowest BCUT2D eigenvalue weighted by atomic mass is 9.86. The van der Waals surface area contributed by atoms with E-state index in [1.165, 1.54) is 6.08 Å². The maximum absolute atomic E-state index is 12.6. The van der Waals surface area contributed by atoms with E-state index in [4.69, 9.17) is 37.6 Å². The molecule has 3 aromatic rings.